The Labute approximate surface area is 211 Å². The molecule has 0 saturated heterocycles. The second-order valence-electron chi connectivity index (χ2n) is 8.70. The maximum Gasteiger partial charge on any atom is 0.0862 e. The molecule has 0 aromatic heterocycles. The average molecular weight is 492 g/mol. The fourth-order valence-electron chi connectivity index (χ4n) is 3.67. The molecule has 7 nitrogen and oxygen atoms in total. The van der Waals surface area contributed by atoms with Crippen LogP contribution in [-0.4, -0.2) is 89.5 Å². The zero-order valence-corrected chi connectivity index (χ0v) is 23.2. The van der Waals surface area contributed by atoms with E-state index in [0.29, 0.717) is 33.0 Å². The molecule has 0 fully saturated rings. The number of carboxylic acid groups (broad SMARTS) is 1. The van der Waals surface area contributed by atoms with Crippen LogP contribution in [0.2, 0.25) is 0 Å². The highest BCUT2D eigenvalue weighted by Gasteiger charge is 2.16. The summed E-state index contributed by atoms with van der Waals surface area (Å²) in [6.07, 6.45) is 11.9. The van der Waals surface area contributed by atoms with E-state index in [4.69, 9.17) is 18.9 Å². The second kappa shape index (κ2) is 28.5. The van der Waals surface area contributed by atoms with Crippen molar-refractivity contribution in [2.75, 3.05) is 79.0 Å². The van der Waals surface area contributed by atoms with Gasteiger partial charge in [0.05, 0.1) is 78.4 Å². The molecule has 0 amide bonds. The molecule has 0 aliphatic rings. The fraction of sp³-hybridized carbons (Fsp3) is 0.963. The monoisotopic (exact) mass is 491 g/mol. The quantitative estimate of drug-likeness (QED) is 0.141. The van der Waals surface area contributed by atoms with Crippen LogP contribution in [0.25, 0.3) is 0 Å². The van der Waals surface area contributed by atoms with Gasteiger partial charge < -0.3 is 33.3 Å². The highest BCUT2D eigenvalue weighted by molar-refractivity contribution is 5.65. The van der Waals surface area contributed by atoms with Crippen LogP contribution in [0.15, 0.2) is 0 Å². The van der Waals surface area contributed by atoms with Crippen molar-refractivity contribution >= 4 is 5.97 Å². The highest BCUT2D eigenvalue weighted by Crippen LogP contribution is 2.09. The first-order valence-corrected chi connectivity index (χ1v) is 13.9. The molecule has 0 rings (SSSR count). The number of carboxylic acids is 1. The average Bonchev–Trinajstić information content (AvgIpc) is 2.85. The van der Waals surface area contributed by atoms with Gasteiger partial charge in [-0.2, -0.15) is 0 Å². The lowest BCUT2D eigenvalue weighted by Crippen LogP contribution is -2.47. The molecule has 0 aliphatic carbocycles. The third-order valence-electron chi connectivity index (χ3n) is 6.41. The normalized spacial score (nSPS) is 11.3. The predicted molar refractivity (Wildman–Crippen MR) is 138 cm³/mol. The summed E-state index contributed by atoms with van der Waals surface area (Å²) < 4.78 is 22.2. The molecule has 0 heterocycles. The SMILES string of the molecule is CCCCCCCCCCCOCCOCCOCCOCC(=O)[O-].CC[N+](CC)(CC)CC. The van der Waals surface area contributed by atoms with E-state index >= 15 is 0 Å². The first kappa shape index (κ1) is 35.4. The number of carbonyl (C=O) groups excluding carboxylic acids is 1. The molecular weight excluding hydrogens is 434 g/mol. The van der Waals surface area contributed by atoms with Crippen molar-refractivity contribution < 1.29 is 33.3 Å². The van der Waals surface area contributed by atoms with Gasteiger partial charge in [0.2, 0.25) is 0 Å². The summed E-state index contributed by atoms with van der Waals surface area (Å²) in [6.45, 7) is 19.6. The van der Waals surface area contributed by atoms with Crippen LogP contribution in [0.1, 0.15) is 92.4 Å². The fourth-order valence-corrected chi connectivity index (χ4v) is 3.67. The minimum Gasteiger partial charge on any atom is -0.548 e. The van der Waals surface area contributed by atoms with E-state index in [2.05, 4.69) is 34.6 Å². The number of rotatable bonds is 25. The van der Waals surface area contributed by atoms with Gasteiger partial charge in [0.25, 0.3) is 0 Å². The molecule has 0 aromatic rings. The van der Waals surface area contributed by atoms with Gasteiger partial charge in [0.1, 0.15) is 0 Å². The van der Waals surface area contributed by atoms with Crippen LogP contribution in [0.4, 0.5) is 0 Å². The van der Waals surface area contributed by atoms with Gasteiger partial charge in [-0.15, -0.1) is 0 Å². The molecule has 0 aromatic carbocycles. The van der Waals surface area contributed by atoms with Crippen LogP contribution in [0.5, 0.6) is 0 Å². The summed E-state index contributed by atoms with van der Waals surface area (Å²) in [4.78, 5) is 10.1. The number of nitrogens with zero attached hydrogens (tertiary/aromatic N) is 1. The van der Waals surface area contributed by atoms with Crippen molar-refractivity contribution in [1.29, 1.82) is 0 Å². The summed E-state index contributed by atoms with van der Waals surface area (Å²) in [6, 6.07) is 0. The Morgan fingerprint density at radius 2 is 0.882 bits per heavy atom. The molecule has 34 heavy (non-hydrogen) atoms. The molecule has 0 atom stereocenters. The topological polar surface area (TPSA) is 77.0 Å². The van der Waals surface area contributed by atoms with Crippen LogP contribution in [0, 0.1) is 0 Å². The summed E-state index contributed by atoms with van der Waals surface area (Å²) >= 11 is 0. The maximum atomic E-state index is 10.1. The van der Waals surface area contributed by atoms with E-state index in [1.54, 1.807) is 0 Å². The minimum absolute atomic E-state index is 0.246. The van der Waals surface area contributed by atoms with Gasteiger partial charge >= 0.3 is 0 Å². The highest BCUT2D eigenvalue weighted by atomic mass is 16.6. The van der Waals surface area contributed by atoms with Crippen molar-refractivity contribution in [3.63, 3.8) is 0 Å². The Kier molecular flexibility index (Phi) is 29.7. The Morgan fingerprint density at radius 3 is 1.24 bits per heavy atom. The van der Waals surface area contributed by atoms with E-state index in [1.165, 1.54) is 82.0 Å². The number of hydrogen-bond donors (Lipinski definition) is 0. The number of carbonyl (C=O) groups is 1. The Bertz CT molecular complexity index is 387. The van der Waals surface area contributed by atoms with Gasteiger partial charge in [0, 0.05) is 6.61 Å². The largest absolute Gasteiger partial charge is 0.548 e. The smallest absolute Gasteiger partial charge is 0.0862 e. The van der Waals surface area contributed by atoms with Crippen molar-refractivity contribution in [3.05, 3.63) is 0 Å². The zero-order valence-electron chi connectivity index (χ0n) is 23.2. The van der Waals surface area contributed by atoms with Gasteiger partial charge in [-0.1, -0.05) is 58.3 Å². The second-order valence-corrected chi connectivity index (χ2v) is 8.70. The molecule has 7 heteroatoms. The Hall–Kier alpha value is -0.730. The number of unbranched alkanes of at least 4 members (excludes halogenated alkanes) is 8. The van der Waals surface area contributed by atoms with E-state index < -0.39 is 12.6 Å². The zero-order chi connectivity index (χ0) is 25.8. The van der Waals surface area contributed by atoms with E-state index in [-0.39, 0.29) is 6.61 Å². The molecule has 0 radical (unpaired) electrons. The van der Waals surface area contributed by atoms with Crippen molar-refractivity contribution in [3.8, 4) is 0 Å². The molecule has 206 valence electrons. The van der Waals surface area contributed by atoms with Gasteiger partial charge in [-0.05, 0) is 34.1 Å². The lowest BCUT2D eigenvalue weighted by Gasteiger charge is -2.34. The van der Waals surface area contributed by atoms with Crippen LogP contribution in [0.3, 0.4) is 0 Å². The van der Waals surface area contributed by atoms with Gasteiger partial charge in [-0.3, -0.25) is 0 Å². The molecule has 0 saturated carbocycles. The predicted octanol–water partition coefficient (Wildman–Crippen LogP) is 4.22. The van der Waals surface area contributed by atoms with E-state index in [9.17, 15) is 9.90 Å². The first-order valence-electron chi connectivity index (χ1n) is 13.9. The van der Waals surface area contributed by atoms with Crippen molar-refractivity contribution in [2.45, 2.75) is 92.4 Å². The standard InChI is InChI=1S/C19H38O6.C8H20N/c1-2-3-4-5-6-7-8-9-10-11-22-12-13-23-14-15-24-16-17-25-18-19(20)21;1-5-9(6-2,7-3)8-4/h2-18H2,1H3,(H,20,21);5-8H2,1-4H3/q;+1/p-1. The van der Waals surface area contributed by atoms with E-state index in [1.807, 2.05) is 0 Å². The Balaban J connectivity index is 0. The van der Waals surface area contributed by atoms with Crippen LogP contribution < -0.4 is 5.11 Å². The van der Waals surface area contributed by atoms with Crippen molar-refractivity contribution in [1.82, 2.24) is 0 Å². The van der Waals surface area contributed by atoms with E-state index in [0.717, 1.165) is 13.0 Å². The third-order valence-corrected chi connectivity index (χ3v) is 6.41. The lowest BCUT2D eigenvalue weighted by atomic mass is 10.1. The number of ether oxygens (including phenoxy) is 4. The first-order chi connectivity index (χ1) is 16.5. The molecule has 0 aliphatic heterocycles. The lowest BCUT2D eigenvalue weighted by molar-refractivity contribution is -0.921. The summed E-state index contributed by atoms with van der Waals surface area (Å²) in [5.74, 6) is -1.22. The van der Waals surface area contributed by atoms with Crippen LogP contribution >= 0.6 is 0 Å². The summed E-state index contributed by atoms with van der Waals surface area (Å²) in [5.41, 5.74) is 0. The van der Waals surface area contributed by atoms with Gasteiger partial charge in [0.15, 0.2) is 0 Å². The maximum absolute atomic E-state index is 10.1. The number of hydrogen-bond acceptors (Lipinski definition) is 6. The molecule has 0 spiro atoms. The third kappa shape index (κ3) is 25.9. The Morgan fingerprint density at radius 1 is 0.529 bits per heavy atom. The van der Waals surface area contributed by atoms with Crippen molar-refractivity contribution in [2.24, 2.45) is 0 Å². The molecule has 0 unspecified atom stereocenters. The summed E-state index contributed by atoms with van der Waals surface area (Å²) in [7, 11) is 0. The summed E-state index contributed by atoms with van der Waals surface area (Å²) in [5, 5.41) is 10.1. The molecule has 0 bridgehead atoms. The molecular formula is C27H57NO6. The number of aliphatic carboxylic acids is 1. The molecule has 0 N–H and O–H groups in total. The number of quaternary nitrogens is 1. The van der Waals surface area contributed by atoms with Gasteiger partial charge in [-0.25, -0.2) is 0 Å². The van der Waals surface area contributed by atoms with Crippen LogP contribution in [-0.2, 0) is 23.7 Å². The minimum atomic E-state index is -1.22.